The average molecular weight is 295 g/mol. The molecule has 0 spiro atoms. The van der Waals surface area contributed by atoms with Crippen LogP contribution >= 0.6 is 15.9 Å². The van der Waals surface area contributed by atoms with Crippen molar-refractivity contribution < 1.29 is 9.50 Å². The molecule has 0 aliphatic heterocycles. The van der Waals surface area contributed by atoms with E-state index in [2.05, 4.69) is 15.9 Å². The van der Waals surface area contributed by atoms with Crippen LogP contribution in [0.15, 0.2) is 46.9 Å². The van der Waals surface area contributed by atoms with Gasteiger partial charge in [-0.1, -0.05) is 45.8 Å². The van der Waals surface area contributed by atoms with Gasteiger partial charge in [-0.3, -0.25) is 0 Å². The lowest BCUT2D eigenvalue weighted by Gasteiger charge is -2.13. The summed E-state index contributed by atoms with van der Waals surface area (Å²) in [6.07, 6.45) is -0.928. The summed E-state index contributed by atoms with van der Waals surface area (Å²) in [6, 6.07) is 11.9. The molecule has 2 aromatic rings. The lowest BCUT2D eigenvalue weighted by atomic mass is 9.99. The topological polar surface area (TPSA) is 20.2 Å². The fraction of sp³-hybridized carbons (Fsp3) is 0.143. The van der Waals surface area contributed by atoms with Crippen LogP contribution in [0.25, 0.3) is 0 Å². The zero-order valence-corrected chi connectivity index (χ0v) is 10.9. The molecule has 1 unspecified atom stereocenters. The van der Waals surface area contributed by atoms with Crippen LogP contribution in [0.1, 0.15) is 22.8 Å². The zero-order valence-electron chi connectivity index (χ0n) is 9.32. The van der Waals surface area contributed by atoms with Gasteiger partial charge in [-0.05, 0) is 30.7 Å². The average Bonchev–Trinajstić information content (AvgIpc) is 2.32. The van der Waals surface area contributed by atoms with Crippen LogP contribution in [0.2, 0.25) is 0 Å². The van der Waals surface area contributed by atoms with Gasteiger partial charge in [0.15, 0.2) is 0 Å². The van der Waals surface area contributed by atoms with E-state index in [0.29, 0.717) is 11.1 Å². The highest BCUT2D eigenvalue weighted by molar-refractivity contribution is 9.10. The van der Waals surface area contributed by atoms with Crippen molar-refractivity contribution in [1.29, 1.82) is 0 Å². The molecule has 2 aromatic carbocycles. The highest BCUT2D eigenvalue weighted by Gasteiger charge is 2.14. The van der Waals surface area contributed by atoms with Crippen molar-refractivity contribution in [3.8, 4) is 0 Å². The second-order valence-electron chi connectivity index (χ2n) is 3.98. The molecule has 2 rings (SSSR count). The Kier molecular flexibility index (Phi) is 3.60. The molecular weight excluding hydrogens is 283 g/mol. The summed E-state index contributed by atoms with van der Waals surface area (Å²) < 4.78 is 14.5. The number of hydrogen-bond acceptors (Lipinski definition) is 1. The third-order valence-corrected chi connectivity index (χ3v) is 3.16. The molecule has 1 atom stereocenters. The van der Waals surface area contributed by atoms with Gasteiger partial charge in [0.25, 0.3) is 0 Å². The van der Waals surface area contributed by atoms with E-state index in [9.17, 15) is 9.50 Å². The molecule has 1 N–H and O–H groups in total. The minimum absolute atomic E-state index is 0.312. The van der Waals surface area contributed by atoms with Crippen molar-refractivity contribution in [3.05, 3.63) is 69.4 Å². The van der Waals surface area contributed by atoms with E-state index in [-0.39, 0.29) is 5.82 Å². The van der Waals surface area contributed by atoms with Gasteiger partial charge in [-0.2, -0.15) is 0 Å². The molecule has 0 saturated heterocycles. The smallest absolute Gasteiger partial charge is 0.129 e. The number of aliphatic hydroxyl groups excluding tert-OH is 1. The van der Waals surface area contributed by atoms with Crippen molar-refractivity contribution in [2.75, 3.05) is 0 Å². The Balaban J connectivity index is 2.39. The highest BCUT2D eigenvalue weighted by Crippen LogP contribution is 2.26. The standard InChI is InChI=1S/C14H12BrFO/c1-9-2-7-13(16)12(8-9)14(17)10-3-5-11(15)6-4-10/h2-8,14,17H,1H3. The number of aryl methyl sites for hydroxylation is 1. The number of halogens is 2. The van der Waals surface area contributed by atoms with Crippen molar-refractivity contribution in [2.45, 2.75) is 13.0 Å². The number of hydrogen-bond donors (Lipinski definition) is 1. The fourth-order valence-corrected chi connectivity index (χ4v) is 1.96. The largest absolute Gasteiger partial charge is 0.384 e. The second kappa shape index (κ2) is 4.98. The SMILES string of the molecule is Cc1ccc(F)c(C(O)c2ccc(Br)cc2)c1. The molecule has 0 amide bonds. The molecule has 0 fully saturated rings. The number of aliphatic hydroxyl groups is 1. The number of benzene rings is 2. The van der Waals surface area contributed by atoms with Crippen LogP contribution in [0, 0.1) is 12.7 Å². The van der Waals surface area contributed by atoms with Crippen molar-refractivity contribution in [2.24, 2.45) is 0 Å². The lowest BCUT2D eigenvalue weighted by Crippen LogP contribution is -2.02. The van der Waals surface area contributed by atoms with Gasteiger partial charge in [0.1, 0.15) is 11.9 Å². The quantitative estimate of drug-likeness (QED) is 0.888. The molecule has 0 saturated carbocycles. The third kappa shape index (κ3) is 2.73. The summed E-state index contributed by atoms with van der Waals surface area (Å²) in [5.41, 5.74) is 1.92. The van der Waals surface area contributed by atoms with Gasteiger partial charge in [0.05, 0.1) is 0 Å². The summed E-state index contributed by atoms with van der Waals surface area (Å²) >= 11 is 3.32. The molecule has 0 bridgehead atoms. The van der Waals surface area contributed by atoms with E-state index >= 15 is 0 Å². The van der Waals surface area contributed by atoms with Crippen LogP contribution in [0.5, 0.6) is 0 Å². The first-order chi connectivity index (χ1) is 8.08. The Morgan fingerprint density at radius 2 is 1.76 bits per heavy atom. The van der Waals surface area contributed by atoms with Crippen molar-refractivity contribution >= 4 is 15.9 Å². The predicted octanol–water partition coefficient (Wildman–Crippen LogP) is 3.98. The maximum atomic E-state index is 13.6. The third-order valence-electron chi connectivity index (χ3n) is 2.63. The van der Waals surface area contributed by atoms with E-state index in [1.54, 1.807) is 24.3 Å². The Morgan fingerprint density at radius 1 is 1.12 bits per heavy atom. The van der Waals surface area contributed by atoms with Gasteiger partial charge >= 0.3 is 0 Å². The first-order valence-corrected chi connectivity index (χ1v) is 6.07. The van der Waals surface area contributed by atoms with E-state index in [4.69, 9.17) is 0 Å². The summed E-state index contributed by atoms with van der Waals surface area (Å²) in [6.45, 7) is 1.87. The maximum Gasteiger partial charge on any atom is 0.129 e. The van der Waals surface area contributed by atoms with Crippen LogP contribution in [-0.4, -0.2) is 5.11 Å². The van der Waals surface area contributed by atoms with Gasteiger partial charge in [-0.15, -0.1) is 0 Å². The van der Waals surface area contributed by atoms with Crippen LogP contribution in [-0.2, 0) is 0 Å². The summed E-state index contributed by atoms with van der Waals surface area (Å²) in [5.74, 6) is -0.383. The summed E-state index contributed by atoms with van der Waals surface area (Å²) in [4.78, 5) is 0. The minimum atomic E-state index is -0.928. The van der Waals surface area contributed by atoms with E-state index in [1.165, 1.54) is 6.07 Å². The molecular formula is C14H12BrFO. The van der Waals surface area contributed by atoms with E-state index in [1.807, 2.05) is 19.1 Å². The van der Waals surface area contributed by atoms with Gasteiger partial charge in [0.2, 0.25) is 0 Å². The molecule has 88 valence electrons. The molecule has 17 heavy (non-hydrogen) atoms. The second-order valence-corrected chi connectivity index (χ2v) is 4.89. The van der Waals surface area contributed by atoms with Crippen molar-refractivity contribution in [3.63, 3.8) is 0 Å². The zero-order chi connectivity index (χ0) is 12.4. The number of rotatable bonds is 2. The Labute approximate surface area is 108 Å². The van der Waals surface area contributed by atoms with Gasteiger partial charge in [0, 0.05) is 10.0 Å². The first-order valence-electron chi connectivity index (χ1n) is 5.27. The lowest BCUT2D eigenvalue weighted by molar-refractivity contribution is 0.215. The van der Waals surface area contributed by atoms with Crippen LogP contribution in [0.4, 0.5) is 4.39 Å². The van der Waals surface area contributed by atoms with Gasteiger partial charge < -0.3 is 5.11 Å². The van der Waals surface area contributed by atoms with Gasteiger partial charge in [-0.25, -0.2) is 4.39 Å². The van der Waals surface area contributed by atoms with E-state index < -0.39 is 6.10 Å². The van der Waals surface area contributed by atoms with Crippen LogP contribution < -0.4 is 0 Å². The summed E-state index contributed by atoms with van der Waals surface area (Å²) in [5, 5.41) is 10.1. The summed E-state index contributed by atoms with van der Waals surface area (Å²) in [7, 11) is 0. The maximum absolute atomic E-state index is 13.6. The molecule has 0 aliphatic carbocycles. The Hall–Kier alpha value is -1.19. The first kappa shape index (κ1) is 12.3. The molecule has 0 heterocycles. The molecule has 0 aromatic heterocycles. The van der Waals surface area contributed by atoms with Crippen LogP contribution in [0.3, 0.4) is 0 Å². The predicted molar refractivity (Wildman–Crippen MR) is 69.3 cm³/mol. The van der Waals surface area contributed by atoms with Crippen molar-refractivity contribution in [1.82, 2.24) is 0 Å². The molecule has 0 radical (unpaired) electrons. The molecule has 3 heteroatoms. The minimum Gasteiger partial charge on any atom is -0.384 e. The highest BCUT2D eigenvalue weighted by atomic mass is 79.9. The molecule has 1 nitrogen and oxygen atoms in total. The monoisotopic (exact) mass is 294 g/mol. The fourth-order valence-electron chi connectivity index (χ4n) is 1.70. The normalized spacial score (nSPS) is 12.5. The van der Waals surface area contributed by atoms with E-state index in [0.717, 1.165) is 10.0 Å². The Bertz CT molecular complexity index is 522. The molecule has 0 aliphatic rings. The Morgan fingerprint density at radius 3 is 2.41 bits per heavy atom.